The van der Waals surface area contributed by atoms with Crippen molar-refractivity contribution in [2.45, 2.75) is 95.7 Å². The molecule has 0 saturated carbocycles. The number of benzene rings is 3. The molecule has 2 heterocycles. The average molecular weight is 832 g/mol. The standard InChI is InChI=1S/C39H44F5N3O2.C4H6O6/c1-2-45-24-21-31(22-25-45)46(23-8-4-3-5-10-28-15-18-30(19-16-28)39(42,43)44)37(49)27-47-32(20-17-29-11-9-13-34(40)38(29)41)26-36(48)33-12-6-7-14-35(33)47;5-1(3(7)8)2(6)4(9)10/h6-7,9,11-16,18-19,26,31H,2-5,8,10,17,20-25,27H2,1H3;1-2,5-6H,(H,7,8)(H,9,10)/t;1-,2-/m.1/s1. The molecule has 0 bridgehead atoms. The zero-order chi connectivity index (χ0) is 43.3. The minimum Gasteiger partial charge on any atom is -0.479 e. The van der Waals surface area contributed by atoms with Crippen molar-refractivity contribution in [3.8, 4) is 0 Å². The van der Waals surface area contributed by atoms with E-state index >= 15 is 0 Å². The molecular formula is C43H50F5N3O8. The number of carboxylic acid groups (broad SMARTS) is 2. The third kappa shape index (κ3) is 13.2. The number of carboxylic acids is 2. The second kappa shape index (κ2) is 21.7. The van der Waals surface area contributed by atoms with E-state index in [1.807, 2.05) is 21.6 Å². The van der Waals surface area contributed by atoms with E-state index in [1.165, 1.54) is 30.3 Å². The number of rotatable bonds is 17. The molecule has 3 aromatic carbocycles. The normalized spacial score (nSPS) is 14.6. The van der Waals surface area contributed by atoms with Crippen LogP contribution < -0.4 is 5.43 Å². The van der Waals surface area contributed by atoms with E-state index in [-0.39, 0.29) is 42.3 Å². The van der Waals surface area contributed by atoms with Crippen LogP contribution in [-0.4, -0.2) is 97.1 Å². The maximum absolute atomic E-state index is 14.5. The third-order valence-electron chi connectivity index (χ3n) is 10.5. The number of aryl methyl sites for hydroxylation is 3. The highest BCUT2D eigenvalue weighted by Crippen LogP contribution is 2.29. The smallest absolute Gasteiger partial charge is 0.416 e. The number of nitrogens with zero attached hydrogens (tertiary/aromatic N) is 3. The molecule has 0 unspecified atom stereocenters. The summed E-state index contributed by atoms with van der Waals surface area (Å²) >= 11 is 0. The molecule has 4 aromatic rings. The summed E-state index contributed by atoms with van der Waals surface area (Å²) in [6, 6.07) is 18.1. The number of amides is 1. The van der Waals surface area contributed by atoms with Crippen LogP contribution in [0.25, 0.3) is 10.9 Å². The molecule has 5 rings (SSSR count). The number of aromatic nitrogens is 1. The van der Waals surface area contributed by atoms with Gasteiger partial charge in [-0.15, -0.1) is 0 Å². The van der Waals surface area contributed by atoms with E-state index in [2.05, 4.69) is 11.8 Å². The quantitative estimate of drug-likeness (QED) is 0.0731. The summed E-state index contributed by atoms with van der Waals surface area (Å²) in [5, 5.41) is 33.0. The van der Waals surface area contributed by atoms with E-state index in [0.29, 0.717) is 29.6 Å². The third-order valence-corrected chi connectivity index (χ3v) is 10.5. The van der Waals surface area contributed by atoms with Crippen molar-refractivity contribution >= 4 is 28.7 Å². The number of hydrogen-bond acceptors (Lipinski definition) is 7. The summed E-state index contributed by atoms with van der Waals surface area (Å²) in [6.07, 6.45) is -2.63. The molecule has 59 heavy (non-hydrogen) atoms. The number of fused-ring (bicyclic) bond motifs is 1. The maximum atomic E-state index is 14.5. The Morgan fingerprint density at radius 2 is 1.44 bits per heavy atom. The molecule has 1 fully saturated rings. The number of aliphatic carboxylic acids is 2. The summed E-state index contributed by atoms with van der Waals surface area (Å²) in [6.45, 7) is 5.50. The van der Waals surface area contributed by atoms with Crippen LogP contribution in [0.15, 0.2) is 77.6 Å². The summed E-state index contributed by atoms with van der Waals surface area (Å²) < 4.78 is 68.9. The minimum absolute atomic E-state index is 0.0175. The van der Waals surface area contributed by atoms with Gasteiger partial charge in [0.1, 0.15) is 6.54 Å². The second-order valence-corrected chi connectivity index (χ2v) is 14.5. The minimum atomic E-state index is -4.34. The van der Waals surface area contributed by atoms with Crippen molar-refractivity contribution in [2.75, 3.05) is 26.2 Å². The van der Waals surface area contributed by atoms with Crippen LogP contribution in [0.3, 0.4) is 0 Å². The lowest BCUT2D eigenvalue weighted by Crippen LogP contribution is -2.48. The molecule has 16 heteroatoms. The fraction of sp³-hybridized carbons (Fsp3) is 0.442. The van der Waals surface area contributed by atoms with Crippen molar-refractivity contribution in [1.82, 2.24) is 14.4 Å². The molecule has 0 aliphatic carbocycles. The summed E-state index contributed by atoms with van der Waals surface area (Å²) in [4.78, 5) is 51.2. The fourth-order valence-corrected chi connectivity index (χ4v) is 7.16. The van der Waals surface area contributed by atoms with Gasteiger partial charge in [-0.2, -0.15) is 13.2 Å². The highest BCUT2D eigenvalue weighted by Gasteiger charge is 2.31. The lowest BCUT2D eigenvalue weighted by molar-refractivity contribution is -0.165. The van der Waals surface area contributed by atoms with Gasteiger partial charge in [0.15, 0.2) is 29.3 Å². The highest BCUT2D eigenvalue weighted by atomic mass is 19.4. The summed E-state index contributed by atoms with van der Waals surface area (Å²) in [5.41, 5.74) is 1.47. The van der Waals surface area contributed by atoms with Gasteiger partial charge in [-0.05, 0) is 92.9 Å². The van der Waals surface area contributed by atoms with E-state index in [9.17, 15) is 41.1 Å². The molecule has 1 aliphatic rings. The Morgan fingerprint density at radius 3 is 2.05 bits per heavy atom. The monoisotopic (exact) mass is 831 g/mol. The number of para-hydroxylation sites is 1. The second-order valence-electron chi connectivity index (χ2n) is 14.5. The predicted octanol–water partition coefficient (Wildman–Crippen LogP) is 6.08. The van der Waals surface area contributed by atoms with Crippen molar-refractivity contribution in [2.24, 2.45) is 0 Å². The van der Waals surface area contributed by atoms with Crippen molar-refractivity contribution in [3.05, 3.63) is 117 Å². The van der Waals surface area contributed by atoms with Crippen LogP contribution in [0.4, 0.5) is 22.0 Å². The molecule has 1 amide bonds. The van der Waals surface area contributed by atoms with Crippen LogP contribution in [-0.2, 0) is 46.4 Å². The molecule has 11 nitrogen and oxygen atoms in total. The molecule has 1 aromatic heterocycles. The first-order valence-corrected chi connectivity index (χ1v) is 19.6. The van der Waals surface area contributed by atoms with Gasteiger partial charge >= 0.3 is 18.1 Å². The maximum Gasteiger partial charge on any atom is 0.416 e. The van der Waals surface area contributed by atoms with Gasteiger partial charge in [0.25, 0.3) is 0 Å². The number of aliphatic hydroxyl groups is 2. The van der Waals surface area contributed by atoms with Crippen molar-refractivity contribution in [1.29, 1.82) is 0 Å². The van der Waals surface area contributed by atoms with Gasteiger partial charge in [0.2, 0.25) is 5.91 Å². The summed E-state index contributed by atoms with van der Waals surface area (Å²) in [5.74, 6) is -5.42. The van der Waals surface area contributed by atoms with Gasteiger partial charge in [0, 0.05) is 42.8 Å². The number of carbonyl (C=O) groups excluding carboxylic acids is 1. The first kappa shape index (κ1) is 46.5. The summed E-state index contributed by atoms with van der Waals surface area (Å²) in [7, 11) is 0. The molecule has 1 aliphatic heterocycles. The molecule has 1 saturated heterocycles. The van der Waals surface area contributed by atoms with Crippen LogP contribution in [0, 0.1) is 11.6 Å². The van der Waals surface area contributed by atoms with Crippen LogP contribution in [0.1, 0.15) is 67.8 Å². The molecule has 320 valence electrons. The number of alkyl halides is 3. The molecule has 2 atom stereocenters. The Balaban J connectivity index is 0.000000680. The first-order chi connectivity index (χ1) is 28.0. The average Bonchev–Trinajstić information content (AvgIpc) is 3.21. The van der Waals surface area contributed by atoms with Crippen LogP contribution in [0.2, 0.25) is 0 Å². The molecular weight excluding hydrogens is 781 g/mol. The topological polar surface area (TPSA) is 161 Å². The SMILES string of the molecule is CCN1CCC(N(CCCCCCc2ccc(C(F)(F)F)cc2)C(=O)Cn2c(CCc3cccc(F)c3F)cc(=O)c3ccccc32)CC1.O=C(O)[C@H](O)[C@@H](O)C(=O)O. The first-order valence-electron chi connectivity index (χ1n) is 19.6. The Bertz CT molecular complexity index is 2070. The highest BCUT2D eigenvalue weighted by molar-refractivity contribution is 5.83. The number of likely N-dealkylation sites (tertiary alicyclic amines) is 1. The van der Waals surface area contributed by atoms with Gasteiger partial charge in [0.05, 0.1) is 11.1 Å². The lowest BCUT2D eigenvalue weighted by Gasteiger charge is -2.38. The zero-order valence-electron chi connectivity index (χ0n) is 32.7. The van der Waals surface area contributed by atoms with Crippen molar-refractivity contribution in [3.63, 3.8) is 0 Å². The number of halogens is 5. The number of pyridine rings is 1. The number of piperidine rings is 1. The Kier molecular flexibility index (Phi) is 17.1. The lowest BCUT2D eigenvalue weighted by atomic mass is 10.0. The van der Waals surface area contributed by atoms with E-state index in [4.69, 9.17) is 20.4 Å². The molecule has 4 N–H and O–H groups in total. The number of carbonyl (C=O) groups is 3. The Morgan fingerprint density at radius 1 is 0.814 bits per heavy atom. The largest absolute Gasteiger partial charge is 0.479 e. The van der Waals surface area contributed by atoms with E-state index in [1.54, 1.807) is 12.1 Å². The van der Waals surface area contributed by atoms with E-state index in [0.717, 1.165) is 81.9 Å². The van der Waals surface area contributed by atoms with Crippen molar-refractivity contribution < 1.29 is 56.8 Å². The van der Waals surface area contributed by atoms with Gasteiger partial charge in [-0.1, -0.05) is 56.2 Å². The number of hydrogen-bond donors (Lipinski definition) is 4. The Hall–Kier alpha value is -5.19. The number of unbranched alkanes of at least 4 members (excludes halogenated alkanes) is 3. The van der Waals surface area contributed by atoms with Gasteiger partial charge in [-0.3, -0.25) is 9.59 Å². The van der Waals surface area contributed by atoms with Gasteiger partial charge < -0.3 is 34.8 Å². The van der Waals surface area contributed by atoms with Crippen LogP contribution in [0.5, 0.6) is 0 Å². The predicted molar refractivity (Wildman–Crippen MR) is 210 cm³/mol. The molecule has 0 spiro atoms. The van der Waals surface area contributed by atoms with Crippen LogP contribution >= 0.6 is 0 Å². The fourth-order valence-electron chi connectivity index (χ4n) is 7.16. The Labute approximate surface area is 338 Å². The van der Waals surface area contributed by atoms with E-state index < -0.39 is 47.5 Å². The number of aliphatic hydroxyl groups excluding tert-OH is 2. The van der Waals surface area contributed by atoms with Gasteiger partial charge in [-0.25, -0.2) is 18.4 Å². The molecule has 0 radical (unpaired) electrons. The zero-order valence-corrected chi connectivity index (χ0v) is 32.7.